The van der Waals surface area contributed by atoms with E-state index in [2.05, 4.69) is 0 Å². The summed E-state index contributed by atoms with van der Waals surface area (Å²) in [7, 11) is 0. The molecule has 2 rings (SSSR count). The van der Waals surface area contributed by atoms with Gasteiger partial charge in [0.15, 0.2) is 0 Å². The largest absolute Gasteiger partial charge is 0.390 e. The predicted molar refractivity (Wildman–Crippen MR) is 66.1 cm³/mol. The highest BCUT2D eigenvalue weighted by atomic mass is 35.5. The maximum absolute atomic E-state index is 9.53. The SMILES string of the molecule is CCOC1C(O)CC1OCc1ccccc1Cl. The first kappa shape index (κ1) is 12.8. The van der Waals surface area contributed by atoms with Gasteiger partial charge in [-0.05, 0) is 18.6 Å². The molecule has 1 N–H and O–H groups in total. The topological polar surface area (TPSA) is 38.7 Å². The third kappa shape index (κ3) is 2.99. The summed E-state index contributed by atoms with van der Waals surface area (Å²) >= 11 is 6.03. The minimum absolute atomic E-state index is 0.0266. The van der Waals surface area contributed by atoms with Crippen LogP contribution in [0, 0.1) is 0 Å². The van der Waals surface area contributed by atoms with Crippen molar-refractivity contribution >= 4 is 11.6 Å². The average molecular weight is 257 g/mol. The van der Waals surface area contributed by atoms with Crippen molar-refractivity contribution in [2.75, 3.05) is 6.61 Å². The maximum Gasteiger partial charge on any atom is 0.110 e. The molecule has 1 aliphatic rings. The first-order chi connectivity index (χ1) is 8.22. The zero-order chi connectivity index (χ0) is 12.3. The van der Waals surface area contributed by atoms with Crippen LogP contribution in [0.4, 0.5) is 0 Å². The minimum Gasteiger partial charge on any atom is -0.390 e. The normalized spacial score (nSPS) is 27.8. The third-order valence-electron chi connectivity index (χ3n) is 2.99. The van der Waals surface area contributed by atoms with Crippen LogP contribution in [0.25, 0.3) is 0 Å². The highest BCUT2D eigenvalue weighted by Gasteiger charge is 2.41. The first-order valence-corrected chi connectivity index (χ1v) is 6.25. The van der Waals surface area contributed by atoms with Gasteiger partial charge in [-0.15, -0.1) is 0 Å². The summed E-state index contributed by atoms with van der Waals surface area (Å²) in [6.07, 6.45) is 0.0182. The molecule has 0 aliphatic heterocycles. The number of rotatable bonds is 5. The Bertz CT molecular complexity index is 369. The summed E-state index contributed by atoms with van der Waals surface area (Å²) in [6, 6.07) is 7.60. The van der Waals surface area contributed by atoms with Gasteiger partial charge in [-0.1, -0.05) is 29.8 Å². The smallest absolute Gasteiger partial charge is 0.110 e. The van der Waals surface area contributed by atoms with Crippen LogP contribution in [-0.4, -0.2) is 30.0 Å². The molecule has 0 heterocycles. The lowest BCUT2D eigenvalue weighted by Crippen LogP contribution is -2.53. The van der Waals surface area contributed by atoms with Gasteiger partial charge in [-0.3, -0.25) is 0 Å². The highest BCUT2D eigenvalue weighted by molar-refractivity contribution is 6.31. The Labute approximate surface area is 106 Å². The fourth-order valence-electron chi connectivity index (χ4n) is 1.94. The van der Waals surface area contributed by atoms with Gasteiger partial charge in [0.05, 0.1) is 18.8 Å². The molecule has 0 aromatic heterocycles. The predicted octanol–water partition coefficient (Wildman–Crippen LogP) is 2.39. The molecule has 4 heteroatoms. The fraction of sp³-hybridized carbons (Fsp3) is 0.538. The number of ether oxygens (including phenoxy) is 2. The maximum atomic E-state index is 9.53. The Kier molecular flexibility index (Phi) is 4.40. The van der Waals surface area contributed by atoms with Crippen molar-refractivity contribution in [3.8, 4) is 0 Å². The second-order valence-electron chi connectivity index (χ2n) is 4.16. The molecule has 0 spiro atoms. The summed E-state index contributed by atoms with van der Waals surface area (Å²) in [5.41, 5.74) is 0.964. The van der Waals surface area contributed by atoms with E-state index >= 15 is 0 Å². The lowest BCUT2D eigenvalue weighted by atomic mass is 9.88. The molecule has 1 aromatic carbocycles. The van der Waals surface area contributed by atoms with Crippen molar-refractivity contribution in [3.05, 3.63) is 34.9 Å². The van der Waals surface area contributed by atoms with Crippen LogP contribution in [0.3, 0.4) is 0 Å². The standard InChI is InChI=1S/C13H17ClO3/c1-2-16-13-11(15)7-12(13)17-8-9-5-3-4-6-10(9)14/h3-6,11-13,15H,2,7-8H2,1H3. The molecule has 3 atom stereocenters. The van der Waals surface area contributed by atoms with Gasteiger partial charge in [0.1, 0.15) is 6.10 Å². The third-order valence-corrected chi connectivity index (χ3v) is 3.36. The molecule has 3 unspecified atom stereocenters. The van der Waals surface area contributed by atoms with Crippen molar-refractivity contribution < 1.29 is 14.6 Å². The van der Waals surface area contributed by atoms with Crippen LogP contribution in [0.15, 0.2) is 24.3 Å². The number of benzene rings is 1. The van der Waals surface area contributed by atoms with Crippen molar-refractivity contribution in [2.24, 2.45) is 0 Å². The summed E-state index contributed by atoms with van der Waals surface area (Å²) in [4.78, 5) is 0. The monoisotopic (exact) mass is 256 g/mol. The van der Waals surface area contributed by atoms with E-state index in [1.807, 2.05) is 31.2 Å². The summed E-state index contributed by atoms with van der Waals surface area (Å²) in [6.45, 7) is 2.96. The van der Waals surface area contributed by atoms with Crippen molar-refractivity contribution in [1.82, 2.24) is 0 Å². The Morgan fingerprint density at radius 2 is 2.12 bits per heavy atom. The van der Waals surface area contributed by atoms with E-state index in [4.69, 9.17) is 21.1 Å². The van der Waals surface area contributed by atoms with Gasteiger partial charge in [-0.2, -0.15) is 0 Å². The Morgan fingerprint density at radius 1 is 1.35 bits per heavy atom. The Morgan fingerprint density at radius 3 is 2.76 bits per heavy atom. The molecule has 94 valence electrons. The number of aliphatic hydroxyl groups excluding tert-OH is 1. The van der Waals surface area contributed by atoms with Crippen LogP contribution in [0.5, 0.6) is 0 Å². The van der Waals surface area contributed by atoms with Crippen molar-refractivity contribution in [3.63, 3.8) is 0 Å². The van der Waals surface area contributed by atoms with Gasteiger partial charge < -0.3 is 14.6 Å². The van der Waals surface area contributed by atoms with Gasteiger partial charge >= 0.3 is 0 Å². The molecule has 17 heavy (non-hydrogen) atoms. The lowest BCUT2D eigenvalue weighted by Gasteiger charge is -2.40. The Balaban J connectivity index is 1.85. The highest BCUT2D eigenvalue weighted by Crippen LogP contribution is 2.28. The summed E-state index contributed by atoms with van der Waals surface area (Å²) in [5.74, 6) is 0. The molecular formula is C13H17ClO3. The molecule has 1 fully saturated rings. The number of hydrogen-bond acceptors (Lipinski definition) is 3. The molecule has 1 aliphatic carbocycles. The zero-order valence-corrected chi connectivity index (χ0v) is 10.6. The van der Waals surface area contributed by atoms with Crippen molar-refractivity contribution in [1.29, 1.82) is 0 Å². The van der Waals surface area contributed by atoms with Crippen LogP contribution in [0.1, 0.15) is 18.9 Å². The van der Waals surface area contributed by atoms with Gasteiger partial charge in [-0.25, -0.2) is 0 Å². The number of hydrogen-bond donors (Lipinski definition) is 1. The quantitative estimate of drug-likeness (QED) is 0.879. The zero-order valence-electron chi connectivity index (χ0n) is 9.80. The Hall–Kier alpha value is -0.610. The van der Waals surface area contributed by atoms with E-state index in [9.17, 15) is 5.11 Å². The molecule has 0 amide bonds. The van der Waals surface area contributed by atoms with E-state index < -0.39 is 6.10 Å². The second-order valence-corrected chi connectivity index (χ2v) is 4.57. The molecule has 0 radical (unpaired) electrons. The van der Waals surface area contributed by atoms with Crippen LogP contribution < -0.4 is 0 Å². The van der Waals surface area contributed by atoms with E-state index in [1.165, 1.54) is 0 Å². The molecule has 3 nitrogen and oxygen atoms in total. The fourth-order valence-corrected chi connectivity index (χ4v) is 2.13. The van der Waals surface area contributed by atoms with E-state index in [0.29, 0.717) is 24.7 Å². The molecule has 1 aromatic rings. The minimum atomic E-state index is -0.397. The van der Waals surface area contributed by atoms with E-state index in [-0.39, 0.29) is 12.2 Å². The lowest BCUT2D eigenvalue weighted by molar-refractivity contribution is -0.194. The molecule has 0 saturated heterocycles. The second kappa shape index (κ2) is 5.83. The summed E-state index contributed by atoms with van der Waals surface area (Å²) in [5, 5.41) is 10.2. The first-order valence-electron chi connectivity index (χ1n) is 5.87. The van der Waals surface area contributed by atoms with Crippen LogP contribution in [0.2, 0.25) is 5.02 Å². The van der Waals surface area contributed by atoms with Gasteiger partial charge in [0.2, 0.25) is 0 Å². The van der Waals surface area contributed by atoms with Gasteiger partial charge in [0.25, 0.3) is 0 Å². The van der Waals surface area contributed by atoms with Gasteiger partial charge in [0, 0.05) is 18.1 Å². The summed E-state index contributed by atoms with van der Waals surface area (Å²) < 4.78 is 11.1. The van der Waals surface area contributed by atoms with Crippen molar-refractivity contribution in [2.45, 2.75) is 38.3 Å². The number of halogens is 1. The average Bonchev–Trinajstić information content (AvgIpc) is 2.33. The number of aliphatic hydroxyl groups is 1. The van der Waals surface area contributed by atoms with Crippen LogP contribution in [-0.2, 0) is 16.1 Å². The van der Waals surface area contributed by atoms with Crippen LogP contribution >= 0.6 is 11.6 Å². The van der Waals surface area contributed by atoms with E-state index in [0.717, 1.165) is 5.56 Å². The molecule has 1 saturated carbocycles. The molecular weight excluding hydrogens is 240 g/mol. The molecule has 0 bridgehead atoms. The van der Waals surface area contributed by atoms with E-state index in [1.54, 1.807) is 0 Å².